The molecule has 26 heavy (non-hydrogen) atoms. The van der Waals surface area contributed by atoms with Crippen LogP contribution in [-0.4, -0.2) is 48.0 Å². The first-order valence-corrected chi connectivity index (χ1v) is 10.4. The van der Waals surface area contributed by atoms with Gasteiger partial charge in [0.25, 0.3) is 0 Å². The van der Waals surface area contributed by atoms with Gasteiger partial charge in [-0.25, -0.2) is 0 Å². The van der Waals surface area contributed by atoms with E-state index in [1.54, 1.807) is 7.11 Å². The number of hydrogen-bond donors (Lipinski definition) is 0. The van der Waals surface area contributed by atoms with E-state index in [1.165, 1.54) is 56.9 Å². The number of amides is 1. The summed E-state index contributed by atoms with van der Waals surface area (Å²) in [4.78, 5) is 17.8. The van der Waals surface area contributed by atoms with Crippen molar-refractivity contribution in [3.8, 4) is 5.75 Å². The number of ether oxygens (including phenoxy) is 1. The van der Waals surface area contributed by atoms with Gasteiger partial charge in [0.2, 0.25) is 5.91 Å². The highest BCUT2D eigenvalue weighted by Gasteiger charge is 2.37. The van der Waals surface area contributed by atoms with E-state index in [-0.39, 0.29) is 0 Å². The lowest BCUT2D eigenvalue weighted by Crippen LogP contribution is -2.52. The minimum Gasteiger partial charge on any atom is -0.497 e. The highest BCUT2D eigenvalue weighted by atomic mass is 16.5. The minimum atomic E-state index is 0.363. The van der Waals surface area contributed by atoms with Crippen molar-refractivity contribution in [3.05, 3.63) is 29.8 Å². The van der Waals surface area contributed by atoms with Gasteiger partial charge in [-0.1, -0.05) is 25.0 Å². The highest BCUT2D eigenvalue weighted by molar-refractivity contribution is 5.79. The molecule has 4 rings (SSSR count). The topological polar surface area (TPSA) is 32.8 Å². The molecule has 1 aliphatic heterocycles. The monoisotopic (exact) mass is 356 g/mol. The molecule has 0 spiro atoms. The molecule has 0 aromatic heterocycles. The van der Waals surface area contributed by atoms with Crippen LogP contribution in [0, 0.1) is 5.92 Å². The fourth-order valence-corrected chi connectivity index (χ4v) is 4.92. The molecule has 2 aliphatic carbocycles. The summed E-state index contributed by atoms with van der Waals surface area (Å²) in [6.45, 7) is 2.42. The van der Waals surface area contributed by atoms with Crippen molar-refractivity contribution in [3.63, 3.8) is 0 Å². The second kappa shape index (κ2) is 7.99. The van der Waals surface area contributed by atoms with Gasteiger partial charge in [-0.15, -0.1) is 0 Å². The standard InChI is InChI=1S/C22H32N2O2/c1-26-20-12-8-17(9-13-20)15-23(19-10-11-19)16-22(25)24-14-4-6-18-5-2-3-7-21(18)24/h8-9,12-13,18-19,21H,2-7,10-11,14-16H2,1H3/t18-,21-/m1/s1. The number of methoxy groups -OCH3 is 1. The van der Waals surface area contributed by atoms with Gasteiger partial charge in [-0.3, -0.25) is 9.69 Å². The number of benzene rings is 1. The largest absolute Gasteiger partial charge is 0.497 e. The maximum atomic E-state index is 13.2. The predicted molar refractivity (Wildman–Crippen MR) is 103 cm³/mol. The van der Waals surface area contributed by atoms with Crippen molar-refractivity contribution in [2.45, 2.75) is 70.0 Å². The van der Waals surface area contributed by atoms with E-state index in [2.05, 4.69) is 21.9 Å². The maximum Gasteiger partial charge on any atom is 0.237 e. The van der Waals surface area contributed by atoms with Gasteiger partial charge in [-0.2, -0.15) is 0 Å². The quantitative estimate of drug-likeness (QED) is 0.776. The van der Waals surface area contributed by atoms with E-state index in [1.807, 2.05) is 12.1 Å². The van der Waals surface area contributed by atoms with Gasteiger partial charge in [0.05, 0.1) is 13.7 Å². The SMILES string of the molecule is COc1ccc(CN(CC(=O)N2CCC[C@H]3CCCC[C@H]32)C2CC2)cc1. The number of piperidine rings is 1. The average molecular weight is 357 g/mol. The number of carbonyl (C=O) groups is 1. The lowest BCUT2D eigenvalue weighted by atomic mass is 9.78. The number of carbonyl (C=O) groups excluding carboxylic acids is 1. The summed E-state index contributed by atoms with van der Waals surface area (Å²) in [5.74, 6) is 2.01. The average Bonchev–Trinajstić information content (AvgIpc) is 3.53. The lowest BCUT2D eigenvalue weighted by Gasteiger charge is -2.44. The van der Waals surface area contributed by atoms with E-state index in [4.69, 9.17) is 4.74 Å². The molecule has 1 aromatic carbocycles. The summed E-state index contributed by atoms with van der Waals surface area (Å²) >= 11 is 0. The minimum absolute atomic E-state index is 0.363. The number of fused-ring (bicyclic) bond motifs is 1. The first kappa shape index (κ1) is 17.8. The maximum absolute atomic E-state index is 13.2. The number of hydrogen-bond acceptors (Lipinski definition) is 3. The molecule has 0 N–H and O–H groups in total. The second-order valence-electron chi connectivity index (χ2n) is 8.33. The Morgan fingerprint density at radius 3 is 2.54 bits per heavy atom. The van der Waals surface area contributed by atoms with E-state index in [0.717, 1.165) is 24.8 Å². The number of likely N-dealkylation sites (tertiary alicyclic amines) is 1. The molecule has 1 aromatic rings. The van der Waals surface area contributed by atoms with Gasteiger partial charge in [0.1, 0.15) is 5.75 Å². The first-order valence-electron chi connectivity index (χ1n) is 10.4. The Balaban J connectivity index is 1.40. The molecular weight excluding hydrogens is 324 g/mol. The summed E-state index contributed by atoms with van der Waals surface area (Å²) in [7, 11) is 1.70. The van der Waals surface area contributed by atoms with Crippen molar-refractivity contribution in [2.24, 2.45) is 5.92 Å². The molecule has 4 nitrogen and oxygen atoms in total. The fraction of sp³-hybridized carbons (Fsp3) is 0.682. The summed E-state index contributed by atoms with van der Waals surface area (Å²) in [6.07, 6.45) is 10.2. The fourth-order valence-electron chi connectivity index (χ4n) is 4.92. The molecule has 0 bridgehead atoms. The highest BCUT2D eigenvalue weighted by Crippen LogP contribution is 2.36. The van der Waals surface area contributed by atoms with E-state index in [0.29, 0.717) is 24.5 Å². The van der Waals surface area contributed by atoms with Crippen LogP contribution in [-0.2, 0) is 11.3 Å². The molecule has 1 saturated heterocycles. The summed E-state index contributed by atoms with van der Waals surface area (Å²) in [5, 5.41) is 0. The summed E-state index contributed by atoms with van der Waals surface area (Å²) < 4.78 is 5.25. The Morgan fingerprint density at radius 2 is 1.81 bits per heavy atom. The van der Waals surface area contributed by atoms with Gasteiger partial charge in [0.15, 0.2) is 0 Å². The first-order chi connectivity index (χ1) is 12.7. The summed E-state index contributed by atoms with van der Waals surface area (Å²) in [6, 6.07) is 9.38. The van der Waals surface area contributed by atoms with Crippen molar-refractivity contribution >= 4 is 5.91 Å². The molecule has 142 valence electrons. The van der Waals surface area contributed by atoms with E-state index in [9.17, 15) is 4.79 Å². The Labute approximate surface area is 157 Å². The molecule has 3 aliphatic rings. The van der Waals surface area contributed by atoms with Crippen LogP contribution in [0.1, 0.15) is 56.9 Å². The van der Waals surface area contributed by atoms with Gasteiger partial charge < -0.3 is 9.64 Å². The van der Waals surface area contributed by atoms with Gasteiger partial charge in [0, 0.05) is 25.2 Å². The summed E-state index contributed by atoms with van der Waals surface area (Å²) in [5.41, 5.74) is 1.26. The smallest absolute Gasteiger partial charge is 0.237 e. The Bertz CT molecular complexity index is 609. The predicted octanol–water partition coefficient (Wildman–Crippen LogP) is 3.84. The Hall–Kier alpha value is -1.55. The third-order valence-corrected chi connectivity index (χ3v) is 6.51. The van der Waals surface area contributed by atoms with Crippen molar-refractivity contribution in [2.75, 3.05) is 20.2 Å². The molecule has 4 heteroatoms. The zero-order valence-corrected chi connectivity index (χ0v) is 16.0. The normalized spacial score (nSPS) is 25.8. The van der Waals surface area contributed by atoms with Gasteiger partial charge >= 0.3 is 0 Å². The molecule has 0 radical (unpaired) electrons. The van der Waals surface area contributed by atoms with Crippen LogP contribution < -0.4 is 4.74 Å². The molecule has 0 unspecified atom stereocenters. The van der Waals surface area contributed by atoms with Gasteiger partial charge in [-0.05, 0) is 62.1 Å². The second-order valence-corrected chi connectivity index (χ2v) is 8.33. The van der Waals surface area contributed by atoms with Crippen molar-refractivity contribution < 1.29 is 9.53 Å². The molecule has 2 saturated carbocycles. The van der Waals surface area contributed by atoms with Crippen LogP contribution in [0.15, 0.2) is 24.3 Å². The zero-order valence-electron chi connectivity index (χ0n) is 16.0. The molecule has 2 atom stereocenters. The molecule has 3 fully saturated rings. The van der Waals surface area contributed by atoms with Crippen LogP contribution in [0.3, 0.4) is 0 Å². The van der Waals surface area contributed by atoms with E-state index >= 15 is 0 Å². The van der Waals surface area contributed by atoms with Crippen LogP contribution in [0.4, 0.5) is 0 Å². The Kier molecular flexibility index (Phi) is 5.49. The van der Waals surface area contributed by atoms with Crippen LogP contribution >= 0.6 is 0 Å². The molecular formula is C22H32N2O2. The third-order valence-electron chi connectivity index (χ3n) is 6.51. The lowest BCUT2D eigenvalue weighted by molar-refractivity contribution is -0.139. The number of nitrogens with zero attached hydrogens (tertiary/aromatic N) is 2. The van der Waals surface area contributed by atoms with Crippen LogP contribution in [0.2, 0.25) is 0 Å². The van der Waals surface area contributed by atoms with Crippen molar-refractivity contribution in [1.82, 2.24) is 9.80 Å². The van der Waals surface area contributed by atoms with Crippen molar-refractivity contribution in [1.29, 1.82) is 0 Å². The number of rotatable bonds is 6. The van der Waals surface area contributed by atoms with E-state index < -0.39 is 0 Å². The Morgan fingerprint density at radius 1 is 1.08 bits per heavy atom. The zero-order chi connectivity index (χ0) is 17.9. The molecule has 1 heterocycles. The van der Waals surface area contributed by atoms with Crippen LogP contribution in [0.5, 0.6) is 5.75 Å². The van der Waals surface area contributed by atoms with Crippen LogP contribution in [0.25, 0.3) is 0 Å². The third kappa shape index (κ3) is 4.06. The molecule has 1 amide bonds.